The Kier molecular flexibility index (Phi) is 7.49. The molecule has 1 heterocycles. The van der Waals surface area contributed by atoms with E-state index >= 15 is 0 Å². The van der Waals surface area contributed by atoms with Crippen molar-refractivity contribution in [3.8, 4) is 5.75 Å². The molecule has 1 N–H and O–H groups in total. The smallest absolute Gasteiger partial charge is 0.261 e. The molecule has 0 spiro atoms. The first-order valence-corrected chi connectivity index (χ1v) is 12.0. The second kappa shape index (κ2) is 10.7. The van der Waals surface area contributed by atoms with Gasteiger partial charge in [0.05, 0.1) is 6.04 Å². The Bertz CT molecular complexity index is 1210. The molecule has 2 amide bonds. The van der Waals surface area contributed by atoms with Gasteiger partial charge in [-0.05, 0) is 66.3 Å². The topological polar surface area (TPSA) is 58.6 Å². The molecule has 5 nitrogen and oxygen atoms in total. The molecule has 35 heavy (non-hydrogen) atoms. The van der Waals surface area contributed by atoms with E-state index in [1.54, 1.807) is 19.1 Å². The summed E-state index contributed by atoms with van der Waals surface area (Å²) in [6.45, 7) is 6.50. The summed E-state index contributed by atoms with van der Waals surface area (Å²) in [6, 6.07) is 19.9. The van der Waals surface area contributed by atoms with Gasteiger partial charge in [0.15, 0.2) is 6.10 Å². The molecule has 2 atom stereocenters. The van der Waals surface area contributed by atoms with Gasteiger partial charge in [0, 0.05) is 20.0 Å². The van der Waals surface area contributed by atoms with Crippen LogP contribution in [0.5, 0.6) is 5.75 Å². The predicted molar refractivity (Wildman–Crippen MR) is 134 cm³/mol. The van der Waals surface area contributed by atoms with E-state index in [1.807, 2.05) is 55.1 Å². The van der Waals surface area contributed by atoms with Crippen molar-refractivity contribution in [2.24, 2.45) is 0 Å². The number of hydrogen-bond donors (Lipinski definition) is 1. The molecule has 4 rings (SSSR count). The van der Waals surface area contributed by atoms with E-state index in [9.17, 15) is 14.0 Å². The molecule has 0 aliphatic carbocycles. The number of fused-ring (bicyclic) bond motifs is 1. The molecule has 2 unspecified atom stereocenters. The molecular weight excluding hydrogens is 443 g/mol. The van der Waals surface area contributed by atoms with Crippen molar-refractivity contribution in [3.05, 3.63) is 100 Å². The Labute approximate surface area is 205 Å². The van der Waals surface area contributed by atoms with E-state index in [0.717, 1.165) is 28.7 Å². The number of rotatable bonds is 7. The maximum atomic E-state index is 13.1. The van der Waals surface area contributed by atoms with Crippen LogP contribution in [-0.4, -0.2) is 29.4 Å². The quantitative estimate of drug-likeness (QED) is 0.518. The molecule has 0 fully saturated rings. The molecule has 3 aromatic carbocycles. The van der Waals surface area contributed by atoms with Crippen molar-refractivity contribution in [1.29, 1.82) is 0 Å². The number of aryl methyl sites for hydroxylation is 1. The number of carbonyl (C=O) groups is 2. The molecule has 3 aromatic rings. The van der Waals surface area contributed by atoms with Crippen LogP contribution in [0.15, 0.2) is 66.7 Å². The molecule has 6 heteroatoms. The zero-order valence-corrected chi connectivity index (χ0v) is 20.4. The van der Waals surface area contributed by atoms with E-state index < -0.39 is 6.10 Å². The van der Waals surface area contributed by atoms with E-state index in [4.69, 9.17) is 4.74 Å². The van der Waals surface area contributed by atoms with Crippen molar-refractivity contribution in [3.63, 3.8) is 0 Å². The van der Waals surface area contributed by atoms with Crippen LogP contribution in [0.2, 0.25) is 0 Å². The Balaban J connectivity index is 1.55. The van der Waals surface area contributed by atoms with Crippen molar-refractivity contribution in [2.45, 2.75) is 52.3 Å². The van der Waals surface area contributed by atoms with E-state index in [0.29, 0.717) is 25.3 Å². The van der Waals surface area contributed by atoms with Crippen molar-refractivity contribution in [1.82, 2.24) is 10.2 Å². The number of hydrogen-bond acceptors (Lipinski definition) is 3. The SMILES string of the molecule is CCC(Oc1ccc2c(c1)C(c1cccc(C)c1)N(C(C)=O)CC2)C(=O)NCc1ccc(F)cc1. The van der Waals surface area contributed by atoms with Crippen molar-refractivity contribution >= 4 is 11.8 Å². The predicted octanol–water partition coefficient (Wildman–Crippen LogP) is 5.10. The van der Waals surface area contributed by atoms with Crippen LogP contribution >= 0.6 is 0 Å². The number of nitrogens with one attached hydrogen (secondary N) is 1. The lowest BCUT2D eigenvalue weighted by atomic mass is 9.87. The van der Waals surface area contributed by atoms with Crippen LogP contribution in [0.3, 0.4) is 0 Å². The highest BCUT2D eigenvalue weighted by molar-refractivity contribution is 5.81. The highest BCUT2D eigenvalue weighted by Gasteiger charge is 2.31. The fourth-order valence-corrected chi connectivity index (χ4v) is 4.60. The molecule has 182 valence electrons. The van der Waals surface area contributed by atoms with Crippen LogP contribution in [-0.2, 0) is 22.6 Å². The van der Waals surface area contributed by atoms with Crippen molar-refractivity contribution < 1.29 is 18.7 Å². The first-order valence-electron chi connectivity index (χ1n) is 12.0. The zero-order valence-electron chi connectivity index (χ0n) is 20.4. The summed E-state index contributed by atoms with van der Waals surface area (Å²) in [5.74, 6) is 0.0837. The molecular formula is C29H31FN2O3. The zero-order chi connectivity index (χ0) is 24.9. The molecule has 0 bridgehead atoms. The fourth-order valence-electron chi connectivity index (χ4n) is 4.60. The maximum absolute atomic E-state index is 13.1. The third-order valence-corrected chi connectivity index (χ3v) is 6.43. The standard InChI is InChI=1S/C29H31FN2O3/c1-4-27(29(34)31-18-21-8-11-24(30)12-9-21)35-25-13-10-22-14-15-32(20(3)33)28(26(22)17-25)23-7-5-6-19(2)16-23/h5-13,16-17,27-28H,4,14-15,18H2,1-3H3,(H,31,34). The second-order valence-electron chi connectivity index (χ2n) is 9.00. The summed E-state index contributed by atoms with van der Waals surface area (Å²) in [5.41, 5.74) is 5.21. The van der Waals surface area contributed by atoms with Crippen LogP contribution < -0.4 is 10.1 Å². The van der Waals surface area contributed by atoms with Gasteiger partial charge in [-0.2, -0.15) is 0 Å². The Morgan fingerprint density at radius 1 is 1.11 bits per heavy atom. The van der Waals surface area contributed by atoms with Gasteiger partial charge >= 0.3 is 0 Å². The molecule has 0 saturated heterocycles. The molecule has 0 aromatic heterocycles. The highest BCUT2D eigenvalue weighted by atomic mass is 19.1. The van der Waals surface area contributed by atoms with Gasteiger partial charge in [-0.15, -0.1) is 0 Å². The average Bonchev–Trinajstić information content (AvgIpc) is 2.85. The first-order chi connectivity index (χ1) is 16.9. The van der Waals surface area contributed by atoms with E-state index in [2.05, 4.69) is 11.4 Å². The van der Waals surface area contributed by atoms with E-state index in [-0.39, 0.29) is 23.7 Å². The monoisotopic (exact) mass is 474 g/mol. The average molecular weight is 475 g/mol. The van der Waals surface area contributed by atoms with Gasteiger partial charge in [0.25, 0.3) is 5.91 Å². The minimum Gasteiger partial charge on any atom is -0.481 e. The normalized spacial score (nSPS) is 15.8. The highest BCUT2D eigenvalue weighted by Crippen LogP contribution is 2.37. The van der Waals surface area contributed by atoms with Gasteiger partial charge in [0.2, 0.25) is 5.91 Å². The molecule has 1 aliphatic heterocycles. The van der Waals surface area contributed by atoms with Crippen LogP contribution in [0.25, 0.3) is 0 Å². The largest absolute Gasteiger partial charge is 0.481 e. The third-order valence-electron chi connectivity index (χ3n) is 6.43. The third kappa shape index (κ3) is 5.70. The number of nitrogens with zero attached hydrogens (tertiary/aromatic N) is 1. The Morgan fingerprint density at radius 2 is 1.89 bits per heavy atom. The lowest BCUT2D eigenvalue weighted by molar-refractivity contribution is -0.131. The van der Waals surface area contributed by atoms with Crippen LogP contribution in [0, 0.1) is 12.7 Å². The van der Waals surface area contributed by atoms with Crippen LogP contribution in [0.4, 0.5) is 4.39 Å². The van der Waals surface area contributed by atoms with Gasteiger partial charge in [0.1, 0.15) is 11.6 Å². The first kappa shape index (κ1) is 24.5. The van der Waals surface area contributed by atoms with E-state index in [1.165, 1.54) is 17.7 Å². The number of ether oxygens (including phenoxy) is 1. The van der Waals surface area contributed by atoms with Gasteiger partial charge < -0.3 is 15.0 Å². The number of benzene rings is 3. The van der Waals surface area contributed by atoms with Gasteiger partial charge in [-0.25, -0.2) is 4.39 Å². The van der Waals surface area contributed by atoms with Gasteiger partial charge in [-0.1, -0.05) is 55.0 Å². The summed E-state index contributed by atoms with van der Waals surface area (Å²) in [6.07, 6.45) is 0.596. The second-order valence-corrected chi connectivity index (χ2v) is 9.00. The van der Waals surface area contributed by atoms with Crippen LogP contribution in [0.1, 0.15) is 54.1 Å². The number of carbonyl (C=O) groups excluding carboxylic acids is 2. The summed E-state index contributed by atoms with van der Waals surface area (Å²) in [5, 5.41) is 2.88. The number of amides is 2. The Morgan fingerprint density at radius 3 is 2.57 bits per heavy atom. The molecule has 1 aliphatic rings. The van der Waals surface area contributed by atoms with Gasteiger partial charge in [-0.3, -0.25) is 9.59 Å². The summed E-state index contributed by atoms with van der Waals surface area (Å²) in [7, 11) is 0. The van der Waals surface area contributed by atoms with Crippen molar-refractivity contribution in [2.75, 3.05) is 6.54 Å². The summed E-state index contributed by atoms with van der Waals surface area (Å²) < 4.78 is 19.3. The minimum atomic E-state index is -0.668. The maximum Gasteiger partial charge on any atom is 0.261 e. The lowest BCUT2D eigenvalue weighted by Crippen LogP contribution is -2.39. The summed E-state index contributed by atoms with van der Waals surface area (Å²) in [4.78, 5) is 27.2. The molecule has 0 radical (unpaired) electrons. The number of halogens is 1. The Hall–Kier alpha value is -3.67. The summed E-state index contributed by atoms with van der Waals surface area (Å²) >= 11 is 0. The molecule has 0 saturated carbocycles. The lowest BCUT2D eigenvalue weighted by Gasteiger charge is -2.37. The minimum absolute atomic E-state index is 0.0279. The fraction of sp³-hybridized carbons (Fsp3) is 0.310.